The Kier molecular flexibility index (Phi) is 5.70. The molecule has 124 valence electrons. The molecular weight excluding hydrogens is 300 g/mol. The highest BCUT2D eigenvalue weighted by Crippen LogP contribution is 2.25. The second-order valence-electron chi connectivity index (χ2n) is 5.12. The Bertz CT molecular complexity index is 575. The van der Waals surface area contributed by atoms with Crippen molar-refractivity contribution in [1.29, 1.82) is 0 Å². The number of carbonyl (C=O) groups is 3. The minimum absolute atomic E-state index is 0.225. The van der Waals surface area contributed by atoms with Gasteiger partial charge in [-0.15, -0.1) is 0 Å². The molecule has 0 radical (unpaired) electrons. The lowest BCUT2D eigenvalue weighted by molar-refractivity contribution is -0.145. The number of carbonyl (C=O) groups excluding carboxylic acids is 3. The quantitative estimate of drug-likeness (QED) is 0.467. The van der Waals surface area contributed by atoms with Crippen LogP contribution in [0.3, 0.4) is 0 Å². The van der Waals surface area contributed by atoms with E-state index in [0.29, 0.717) is 6.42 Å². The number of ether oxygens (including phenoxy) is 2. The monoisotopic (exact) mass is 320 g/mol. The Balaban J connectivity index is 1.94. The predicted octanol–water partition coefficient (Wildman–Crippen LogP) is 0.439. The van der Waals surface area contributed by atoms with Gasteiger partial charge < -0.3 is 9.47 Å². The van der Waals surface area contributed by atoms with Gasteiger partial charge in [-0.1, -0.05) is 30.3 Å². The molecule has 0 unspecified atom stereocenters. The summed E-state index contributed by atoms with van der Waals surface area (Å²) in [6, 6.07) is 9.58. The number of epoxide rings is 1. The SMILES string of the molecule is CCOC(=O)[C@@H]1O[C@H]1C(=O)N(CCc1ccccc1)NC(C)=O. The van der Waals surface area contributed by atoms with E-state index in [1.165, 1.54) is 11.9 Å². The van der Waals surface area contributed by atoms with E-state index in [4.69, 9.17) is 9.47 Å². The van der Waals surface area contributed by atoms with Gasteiger partial charge in [0.05, 0.1) is 6.61 Å². The summed E-state index contributed by atoms with van der Waals surface area (Å²) < 4.78 is 9.90. The van der Waals surface area contributed by atoms with Crippen LogP contribution < -0.4 is 5.43 Å². The molecule has 0 aliphatic carbocycles. The smallest absolute Gasteiger partial charge is 0.338 e. The van der Waals surface area contributed by atoms with Crippen LogP contribution in [-0.2, 0) is 30.3 Å². The van der Waals surface area contributed by atoms with Crippen LogP contribution in [0.15, 0.2) is 30.3 Å². The molecule has 1 heterocycles. The van der Waals surface area contributed by atoms with Crippen molar-refractivity contribution in [2.24, 2.45) is 0 Å². The van der Waals surface area contributed by atoms with Crippen molar-refractivity contribution in [3.05, 3.63) is 35.9 Å². The molecule has 0 spiro atoms. The average Bonchev–Trinajstić information content (AvgIpc) is 3.32. The van der Waals surface area contributed by atoms with Crippen molar-refractivity contribution < 1.29 is 23.9 Å². The second kappa shape index (κ2) is 7.73. The number of hydrogen-bond acceptors (Lipinski definition) is 5. The highest BCUT2D eigenvalue weighted by molar-refractivity contribution is 5.93. The lowest BCUT2D eigenvalue weighted by Gasteiger charge is -2.22. The van der Waals surface area contributed by atoms with Crippen molar-refractivity contribution >= 4 is 17.8 Å². The van der Waals surface area contributed by atoms with Crippen LogP contribution in [-0.4, -0.2) is 48.2 Å². The average molecular weight is 320 g/mol. The summed E-state index contributed by atoms with van der Waals surface area (Å²) >= 11 is 0. The minimum Gasteiger partial charge on any atom is -0.464 e. The molecule has 23 heavy (non-hydrogen) atoms. The highest BCUT2D eigenvalue weighted by atomic mass is 16.6. The molecular formula is C16H20N2O5. The first-order chi connectivity index (χ1) is 11.0. The largest absolute Gasteiger partial charge is 0.464 e. The molecule has 7 heteroatoms. The summed E-state index contributed by atoms with van der Waals surface area (Å²) in [6.45, 7) is 3.51. The van der Waals surface area contributed by atoms with Crippen molar-refractivity contribution in [3.63, 3.8) is 0 Å². The van der Waals surface area contributed by atoms with E-state index in [9.17, 15) is 14.4 Å². The third-order valence-corrected chi connectivity index (χ3v) is 3.28. The molecule has 2 rings (SSSR count). The van der Waals surface area contributed by atoms with Gasteiger partial charge in [-0.2, -0.15) is 0 Å². The molecule has 1 saturated heterocycles. The van der Waals surface area contributed by atoms with Gasteiger partial charge in [0, 0.05) is 13.5 Å². The van der Waals surface area contributed by atoms with E-state index in [2.05, 4.69) is 5.43 Å². The standard InChI is InChI=1S/C16H20N2O5/c1-3-22-16(21)14-13(23-14)15(20)18(17-11(2)19)10-9-12-7-5-4-6-8-12/h4-8,13-14H,3,9-10H2,1-2H3,(H,17,19)/t13-,14-/m1/s1. The zero-order valence-electron chi connectivity index (χ0n) is 13.2. The van der Waals surface area contributed by atoms with Gasteiger partial charge in [0.1, 0.15) is 0 Å². The number of nitrogens with one attached hydrogen (secondary N) is 1. The van der Waals surface area contributed by atoms with E-state index in [-0.39, 0.29) is 19.1 Å². The molecule has 0 aromatic heterocycles. The highest BCUT2D eigenvalue weighted by Gasteiger charge is 2.53. The van der Waals surface area contributed by atoms with Gasteiger partial charge >= 0.3 is 5.97 Å². The lowest BCUT2D eigenvalue weighted by atomic mass is 10.1. The van der Waals surface area contributed by atoms with Gasteiger partial charge in [0.2, 0.25) is 5.91 Å². The van der Waals surface area contributed by atoms with Crippen molar-refractivity contribution in [1.82, 2.24) is 10.4 Å². The first-order valence-electron chi connectivity index (χ1n) is 7.47. The summed E-state index contributed by atoms with van der Waals surface area (Å²) in [5.41, 5.74) is 3.51. The minimum atomic E-state index is -0.892. The second-order valence-corrected chi connectivity index (χ2v) is 5.12. The number of esters is 1. The van der Waals surface area contributed by atoms with E-state index >= 15 is 0 Å². The maximum absolute atomic E-state index is 12.4. The first-order valence-corrected chi connectivity index (χ1v) is 7.47. The topological polar surface area (TPSA) is 88.2 Å². The third kappa shape index (κ3) is 4.79. The fourth-order valence-corrected chi connectivity index (χ4v) is 2.15. The van der Waals surface area contributed by atoms with E-state index < -0.39 is 24.1 Å². The fourth-order valence-electron chi connectivity index (χ4n) is 2.15. The molecule has 0 saturated carbocycles. The zero-order chi connectivity index (χ0) is 16.8. The number of nitrogens with zero attached hydrogens (tertiary/aromatic N) is 1. The summed E-state index contributed by atoms with van der Waals surface area (Å²) in [5.74, 6) is -1.37. The zero-order valence-corrected chi connectivity index (χ0v) is 13.2. The van der Waals surface area contributed by atoms with Crippen LogP contribution in [0.2, 0.25) is 0 Å². The molecule has 1 fully saturated rings. The Labute approximate surface area is 134 Å². The maximum atomic E-state index is 12.4. The Morgan fingerprint density at radius 1 is 1.22 bits per heavy atom. The number of amides is 2. The van der Waals surface area contributed by atoms with Crippen molar-refractivity contribution in [2.75, 3.05) is 13.2 Å². The Morgan fingerprint density at radius 3 is 2.52 bits per heavy atom. The van der Waals surface area contributed by atoms with Crippen LogP contribution >= 0.6 is 0 Å². The summed E-state index contributed by atoms with van der Waals surface area (Å²) in [5, 5.41) is 1.19. The molecule has 1 aromatic rings. The van der Waals surface area contributed by atoms with Crippen LogP contribution in [0.25, 0.3) is 0 Å². The number of hydrogen-bond donors (Lipinski definition) is 1. The van der Waals surface area contributed by atoms with Gasteiger partial charge in [-0.25, -0.2) is 4.79 Å². The summed E-state index contributed by atoms with van der Waals surface area (Å²) in [6.07, 6.45) is -1.20. The molecule has 0 bridgehead atoms. The normalized spacial score (nSPS) is 18.9. The van der Waals surface area contributed by atoms with Gasteiger partial charge in [0.15, 0.2) is 12.2 Å². The molecule has 1 aliphatic heterocycles. The van der Waals surface area contributed by atoms with Crippen LogP contribution in [0.1, 0.15) is 19.4 Å². The summed E-state index contributed by atoms with van der Waals surface area (Å²) in [7, 11) is 0. The molecule has 1 aliphatic rings. The number of hydrazine groups is 1. The van der Waals surface area contributed by atoms with Crippen LogP contribution in [0, 0.1) is 0 Å². The molecule has 7 nitrogen and oxygen atoms in total. The van der Waals surface area contributed by atoms with Crippen LogP contribution in [0.5, 0.6) is 0 Å². The van der Waals surface area contributed by atoms with Crippen molar-refractivity contribution in [2.45, 2.75) is 32.5 Å². The fraction of sp³-hybridized carbons (Fsp3) is 0.438. The first kappa shape index (κ1) is 17.0. The van der Waals surface area contributed by atoms with Crippen LogP contribution in [0.4, 0.5) is 0 Å². The molecule has 1 aromatic carbocycles. The van der Waals surface area contributed by atoms with Gasteiger partial charge in [-0.3, -0.25) is 20.0 Å². The Morgan fingerprint density at radius 2 is 1.91 bits per heavy atom. The maximum Gasteiger partial charge on any atom is 0.338 e. The molecule has 2 atom stereocenters. The van der Waals surface area contributed by atoms with E-state index in [1.54, 1.807) is 6.92 Å². The Hall–Kier alpha value is -2.41. The lowest BCUT2D eigenvalue weighted by Crippen LogP contribution is -2.48. The third-order valence-electron chi connectivity index (χ3n) is 3.28. The number of rotatable bonds is 6. The van der Waals surface area contributed by atoms with Gasteiger partial charge in [-0.05, 0) is 18.9 Å². The van der Waals surface area contributed by atoms with E-state index in [1.807, 2.05) is 30.3 Å². The van der Waals surface area contributed by atoms with Crippen molar-refractivity contribution in [3.8, 4) is 0 Å². The molecule has 2 amide bonds. The van der Waals surface area contributed by atoms with Gasteiger partial charge in [0.25, 0.3) is 5.91 Å². The van der Waals surface area contributed by atoms with E-state index in [0.717, 1.165) is 5.56 Å². The summed E-state index contributed by atoms with van der Waals surface area (Å²) in [4.78, 5) is 35.2. The predicted molar refractivity (Wildman–Crippen MR) is 81.0 cm³/mol. The molecule has 1 N–H and O–H groups in total. The number of benzene rings is 1.